The third-order valence-electron chi connectivity index (χ3n) is 5.33. The summed E-state index contributed by atoms with van der Waals surface area (Å²) in [5.74, 6) is -0.615. The monoisotopic (exact) mass is 449 g/mol. The lowest BCUT2D eigenvalue weighted by Crippen LogP contribution is -2.25. The van der Waals surface area contributed by atoms with E-state index in [4.69, 9.17) is 0 Å². The number of benzene rings is 2. The van der Waals surface area contributed by atoms with Gasteiger partial charge >= 0.3 is 0 Å². The van der Waals surface area contributed by atoms with Gasteiger partial charge < -0.3 is 10.4 Å². The van der Waals surface area contributed by atoms with Crippen molar-refractivity contribution in [2.75, 3.05) is 21.9 Å². The third kappa shape index (κ3) is 3.44. The minimum atomic E-state index is -3.39. The molecule has 162 valence electrons. The number of carbonyl (C=O) groups excluding carboxylic acids is 1. The molecule has 1 fully saturated rings. The van der Waals surface area contributed by atoms with Gasteiger partial charge in [0.2, 0.25) is 10.0 Å². The molecule has 2 aromatic heterocycles. The van der Waals surface area contributed by atoms with Gasteiger partial charge in [0.25, 0.3) is 5.91 Å². The second-order valence-electron chi connectivity index (χ2n) is 7.39. The van der Waals surface area contributed by atoms with E-state index >= 15 is 0 Å². The van der Waals surface area contributed by atoms with Gasteiger partial charge in [0.05, 0.1) is 29.0 Å². The summed E-state index contributed by atoms with van der Waals surface area (Å²) >= 11 is 0. The zero-order valence-corrected chi connectivity index (χ0v) is 17.7. The van der Waals surface area contributed by atoms with Crippen LogP contribution in [0.1, 0.15) is 16.8 Å². The van der Waals surface area contributed by atoms with Crippen LogP contribution in [-0.2, 0) is 10.0 Å². The summed E-state index contributed by atoms with van der Waals surface area (Å²) in [7, 11) is -3.39. The number of aromatic nitrogens is 3. The van der Waals surface area contributed by atoms with Crippen LogP contribution in [0.5, 0.6) is 5.75 Å². The van der Waals surface area contributed by atoms with Gasteiger partial charge in [-0.25, -0.2) is 17.9 Å². The topological polar surface area (TPSA) is 117 Å². The maximum absolute atomic E-state index is 13.0. The molecule has 1 aliphatic heterocycles. The maximum atomic E-state index is 13.0. The molecule has 0 atom stereocenters. The van der Waals surface area contributed by atoms with E-state index in [2.05, 4.69) is 15.4 Å². The van der Waals surface area contributed by atoms with E-state index in [0.29, 0.717) is 24.3 Å². The summed E-state index contributed by atoms with van der Waals surface area (Å²) in [5.41, 5.74) is 2.78. The zero-order valence-electron chi connectivity index (χ0n) is 16.8. The number of nitrogens with one attached hydrogen (secondary N) is 1. The summed E-state index contributed by atoms with van der Waals surface area (Å²) in [4.78, 5) is 17.3. The van der Waals surface area contributed by atoms with Gasteiger partial charge in [0.15, 0.2) is 5.65 Å². The highest BCUT2D eigenvalue weighted by Crippen LogP contribution is 2.32. The van der Waals surface area contributed by atoms with Crippen molar-refractivity contribution < 1.29 is 18.3 Å². The van der Waals surface area contributed by atoms with Crippen molar-refractivity contribution in [2.45, 2.75) is 6.42 Å². The van der Waals surface area contributed by atoms with Crippen LogP contribution < -0.4 is 9.62 Å². The lowest BCUT2D eigenvalue weighted by atomic mass is 10.1. The molecule has 0 bridgehead atoms. The molecule has 9 nitrogen and oxygen atoms in total. The summed E-state index contributed by atoms with van der Waals surface area (Å²) in [6.07, 6.45) is 3.55. The van der Waals surface area contributed by atoms with Crippen LogP contribution in [0.3, 0.4) is 0 Å². The van der Waals surface area contributed by atoms with Crippen LogP contribution in [0.15, 0.2) is 67.0 Å². The molecule has 0 radical (unpaired) electrons. The fraction of sp³-hybridized carbons (Fsp3) is 0.136. The van der Waals surface area contributed by atoms with Gasteiger partial charge in [0, 0.05) is 18.3 Å². The van der Waals surface area contributed by atoms with Crippen LogP contribution in [0.25, 0.3) is 16.9 Å². The number of amides is 1. The number of phenols is 1. The van der Waals surface area contributed by atoms with E-state index in [-0.39, 0.29) is 22.8 Å². The number of rotatable bonds is 4. The Bertz CT molecular complexity index is 1430. The van der Waals surface area contributed by atoms with E-state index in [1.807, 2.05) is 36.4 Å². The van der Waals surface area contributed by atoms with Crippen molar-refractivity contribution >= 4 is 33.0 Å². The maximum Gasteiger partial charge on any atom is 0.261 e. The van der Waals surface area contributed by atoms with Gasteiger partial charge in [-0.2, -0.15) is 5.10 Å². The molecule has 1 amide bonds. The van der Waals surface area contributed by atoms with Crippen LogP contribution in [0.2, 0.25) is 0 Å². The minimum absolute atomic E-state index is 0.0768. The first-order chi connectivity index (χ1) is 15.4. The van der Waals surface area contributed by atoms with Gasteiger partial charge in [-0.1, -0.05) is 30.3 Å². The lowest BCUT2D eigenvalue weighted by Gasteiger charge is -2.18. The van der Waals surface area contributed by atoms with Gasteiger partial charge in [0.1, 0.15) is 11.3 Å². The Morgan fingerprint density at radius 1 is 1.09 bits per heavy atom. The highest BCUT2D eigenvalue weighted by Gasteiger charge is 2.29. The molecule has 0 unspecified atom stereocenters. The average Bonchev–Trinajstić information content (AvgIpc) is 3.38. The summed E-state index contributed by atoms with van der Waals surface area (Å²) in [5, 5.41) is 17.2. The van der Waals surface area contributed by atoms with Gasteiger partial charge in [-0.15, -0.1) is 0 Å². The van der Waals surface area contributed by atoms with Gasteiger partial charge in [-0.3, -0.25) is 9.10 Å². The second kappa shape index (κ2) is 7.65. The SMILES string of the molecule is O=C(Nc1cc(N2CCCS2(=O)=O)ccc1O)c1cnn2c(-c3ccccc3)ccnc12. The fourth-order valence-electron chi connectivity index (χ4n) is 3.78. The minimum Gasteiger partial charge on any atom is -0.506 e. The molecule has 1 aliphatic rings. The van der Waals surface area contributed by atoms with E-state index in [1.54, 1.807) is 10.7 Å². The Kier molecular flexibility index (Phi) is 4.78. The summed E-state index contributed by atoms with van der Waals surface area (Å²) in [6.45, 7) is 0.362. The van der Waals surface area contributed by atoms with Crippen molar-refractivity contribution in [1.82, 2.24) is 14.6 Å². The first kappa shape index (κ1) is 20.0. The van der Waals surface area contributed by atoms with Crippen molar-refractivity contribution in [3.63, 3.8) is 0 Å². The second-order valence-corrected chi connectivity index (χ2v) is 9.40. The Labute approximate surface area is 184 Å². The Balaban J connectivity index is 1.48. The van der Waals surface area contributed by atoms with Crippen molar-refractivity contribution in [3.05, 3.63) is 72.6 Å². The van der Waals surface area contributed by atoms with E-state index in [9.17, 15) is 18.3 Å². The third-order valence-corrected chi connectivity index (χ3v) is 7.20. The van der Waals surface area contributed by atoms with Crippen molar-refractivity contribution in [3.8, 4) is 17.0 Å². The number of hydrogen-bond donors (Lipinski definition) is 2. The quantitative estimate of drug-likeness (QED) is 0.463. The normalized spacial score (nSPS) is 15.2. The number of hydrogen-bond acceptors (Lipinski definition) is 6. The molecule has 32 heavy (non-hydrogen) atoms. The Hall–Kier alpha value is -3.92. The first-order valence-corrected chi connectivity index (χ1v) is 11.6. The molecular formula is C22H19N5O4S. The molecule has 2 N–H and O–H groups in total. The molecule has 5 rings (SSSR count). The fourth-order valence-corrected chi connectivity index (χ4v) is 5.33. The van der Waals surface area contributed by atoms with Crippen LogP contribution in [0.4, 0.5) is 11.4 Å². The Morgan fingerprint density at radius 2 is 1.91 bits per heavy atom. The standard InChI is InChI=1S/C22H19N5O4S/c28-20-8-7-16(26-11-4-12-32(26,30)31)13-18(20)25-22(29)17-14-24-27-19(9-10-23-21(17)27)15-5-2-1-3-6-15/h1-3,5-10,13-14,28H,4,11-12H2,(H,25,29). The lowest BCUT2D eigenvalue weighted by molar-refractivity contribution is 0.102. The number of phenolic OH excluding ortho intramolecular Hbond substituents is 1. The summed E-state index contributed by atoms with van der Waals surface area (Å²) in [6, 6.07) is 15.7. The molecule has 0 saturated carbocycles. The molecule has 1 saturated heterocycles. The molecule has 2 aromatic carbocycles. The molecule has 4 aromatic rings. The molecule has 0 spiro atoms. The molecule has 0 aliphatic carbocycles. The van der Waals surface area contributed by atoms with Crippen molar-refractivity contribution in [2.24, 2.45) is 0 Å². The molecule has 10 heteroatoms. The zero-order chi connectivity index (χ0) is 22.3. The van der Waals surface area contributed by atoms with E-state index < -0.39 is 15.9 Å². The number of fused-ring (bicyclic) bond motifs is 1. The number of carbonyl (C=O) groups is 1. The Morgan fingerprint density at radius 3 is 2.66 bits per heavy atom. The highest BCUT2D eigenvalue weighted by molar-refractivity contribution is 7.93. The average molecular weight is 449 g/mol. The number of anilines is 2. The largest absolute Gasteiger partial charge is 0.506 e. The highest BCUT2D eigenvalue weighted by atomic mass is 32.2. The molecular weight excluding hydrogens is 430 g/mol. The van der Waals surface area contributed by atoms with E-state index in [0.717, 1.165) is 11.3 Å². The van der Waals surface area contributed by atoms with E-state index in [1.165, 1.54) is 28.7 Å². The first-order valence-electron chi connectivity index (χ1n) is 9.97. The predicted octanol–water partition coefficient (Wildman–Crippen LogP) is 2.89. The number of sulfonamides is 1. The van der Waals surface area contributed by atoms with Crippen molar-refractivity contribution in [1.29, 1.82) is 0 Å². The van der Waals surface area contributed by atoms with Crippen LogP contribution in [0, 0.1) is 0 Å². The predicted molar refractivity (Wildman–Crippen MR) is 120 cm³/mol. The summed E-state index contributed by atoms with van der Waals surface area (Å²) < 4.78 is 27.3. The van der Waals surface area contributed by atoms with Gasteiger partial charge in [-0.05, 0) is 30.7 Å². The van der Waals surface area contributed by atoms with Crippen LogP contribution >= 0.6 is 0 Å². The number of nitrogens with zero attached hydrogens (tertiary/aromatic N) is 4. The smallest absolute Gasteiger partial charge is 0.261 e. The number of aromatic hydroxyl groups is 1. The molecule has 3 heterocycles. The van der Waals surface area contributed by atoms with Crippen LogP contribution in [-0.4, -0.2) is 46.3 Å².